The average molecular weight is 243 g/mol. The van der Waals surface area contributed by atoms with Gasteiger partial charge in [0.15, 0.2) is 0 Å². The normalized spacial score (nSPS) is 18.8. The second-order valence-corrected chi connectivity index (χ2v) is 5.04. The third-order valence-electron chi connectivity index (χ3n) is 3.72. The average Bonchev–Trinajstić information content (AvgIpc) is 3.23. The van der Waals surface area contributed by atoms with E-state index in [0.29, 0.717) is 12.5 Å². The highest BCUT2D eigenvalue weighted by atomic mass is 16.5. The van der Waals surface area contributed by atoms with E-state index in [9.17, 15) is 5.11 Å². The van der Waals surface area contributed by atoms with Gasteiger partial charge in [-0.15, -0.1) is 0 Å². The minimum absolute atomic E-state index is 0.318. The van der Waals surface area contributed by atoms with Crippen LogP contribution in [0.15, 0.2) is 36.5 Å². The van der Waals surface area contributed by atoms with Crippen molar-refractivity contribution < 1.29 is 9.84 Å². The van der Waals surface area contributed by atoms with Crippen LogP contribution in [-0.2, 0) is 10.3 Å². The number of methoxy groups -OCH3 is 1. The second-order valence-electron chi connectivity index (χ2n) is 5.04. The maximum Gasteiger partial charge on any atom is 0.116 e. The van der Waals surface area contributed by atoms with Gasteiger partial charge in [-0.25, -0.2) is 0 Å². The summed E-state index contributed by atoms with van der Waals surface area (Å²) in [5, 5.41) is 11.9. The van der Waals surface area contributed by atoms with Crippen molar-refractivity contribution in [3.63, 3.8) is 0 Å². The second kappa shape index (κ2) is 4.34. The van der Waals surface area contributed by atoms with Crippen molar-refractivity contribution >= 4 is 10.9 Å². The summed E-state index contributed by atoms with van der Waals surface area (Å²) in [6, 6.07) is 9.93. The number of hydrogen-bond donors (Lipinski definition) is 1. The quantitative estimate of drug-likeness (QED) is 0.897. The molecule has 1 heterocycles. The van der Waals surface area contributed by atoms with Crippen molar-refractivity contribution in [2.75, 3.05) is 13.7 Å². The van der Waals surface area contributed by atoms with Gasteiger partial charge in [0.05, 0.1) is 12.1 Å². The Morgan fingerprint density at radius 3 is 2.94 bits per heavy atom. The van der Waals surface area contributed by atoms with Gasteiger partial charge in [0.25, 0.3) is 0 Å². The Balaban J connectivity index is 2.06. The summed E-state index contributed by atoms with van der Waals surface area (Å²) in [6.45, 7) is 0.343. The van der Waals surface area contributed by atoms with E-state index < -0.39 is 5.60 Å². The predicted molar refractivity (Wildman–Crippen MR) is 70.2 cm³/mol. The Kier molecular flexibility index (Phi) is 2.80. The van der Waals surface area contributed by atoms with Gasteiger partial charge in [-0.05, 0) is 36.5 Å². The Bertz CT molecular complexity index is 565. The Labute approximate surface area is 106 Å². The molecule has 1 aromatic carbocycles. The van der Waals surface area contributed by atoms with Crippen molar-refractivity contribution in [2.45, 2.75) is 18.4 Å². The van der Waals surface area contributed by atoms with Crippen molar-refractivity contribution in [1.29, 1.82) is 0 Å². The number of nitrogens with zero attached hydrogens (tertiary/aromatic N) is 1. The van der Waals surface area contributed by atoms with E-state index in [0.717, 1.165) is 29.3 Å². The fourth-order valence-electron chi connectivity index (χ4n) is 2.55. The largest absolute Gasteiger partial charge is 0.382 e. The molecule has 0 bridgehead atoms. The van der Waals surface area contributed by atoms with Crippen LogP contribution in [0.4, 0.5) is 0 Å². The lowest BCUT2D eigenvalue weighted by Crippen LogP contribution is -2.33. The molecule has 94 valence electrons. The summed E-state index contributed by atoms with van der Waals surface area (Å²) in [5.74, 6) is 0.318. The molecule has 0 aliphatic heterocycles. The maximum absolute atomic E-state index is 10.8. The van der Waals surface area contributed by atoms with Crippen LogP contribution >= 0.6 is 0 Å². The molecular formula is C15H17NO2. The minimum atomic E-state index is -0.861. The Hall–Kier alpha value is -1.45. The van der Waals surface area contributed by atoms with Crippen molar-refractivity contribution in [1.82, 2.24) is 4.98 Å². The molecule has 0 spiro atoms. The van der Waals surface area contributed by atoms with Crippen LogP contribution in [-0.4, -0.2) is 23.8 Å². The van der Waals surface area contributed by atoms with E-state index in [1.807, 2.05) is 30.3 Å². The van der Waals surface area contributed by atoms with Crippen LogP contribution in [0.5, 0.6) is 0 Å². The summed E-state index contributed by atoms with van der Waals surface area (Å²) in [4.78, 5) is 4.34. The molecule has 0 radical (unpaired) electrons. The van der Waals surface area contributed by atoms with Gasteiger partial charge in [-0.3, -0.25) is 4.98 Å². The van der Waals surface area contributed by atoms with Crippen LogP contribution in [0.1, 0.15) is 18.4 Å². The smallest absolute Gasteiger partial charge is 0.116 e. The highest BCUT2D eigenvalue weighted by Gasteiger charge is 2.45. The van der Waals surface area contributed by atoms with E-state index in [1.54, 1.807) is 13.3 Å². The van der Waals surface area contributed by atoms with Crippen molar-refractivity contribution in [2.24, 2.45) is 5.92 Å². The van der Waals surface area contributed by atoms with Crippen LogP contribution in [0.3, 0.4) is 0 Å². The fraction of sp³-hybridized carbons (Fsp3) is 0.400. The topological polar surface area (TPSA) is 42.4 Å². The number of fused-ring (bicyclic) bond motifs is 1. The van der Waals surface area contributed by atoms with Crippen LogP contribution in [0.25, 0.3) is 10.9 Å². The first-order valence-electron chi connectivity index (χ1n) is 6.30. The van der Waals surface area contributed by atoms with Gasteiger partial charge in [-0.2, -0.15) is 0 Å². The molecule has 1 aromatic heterocycles. The zero-order valence-corrected chi connectivity index (χ0v) is 10.5. The molecule has 1 atom stereocenters. The first-order valence-corrected chi connectivity index (χ1v) is 6.30. The Morgan fingerprint density at radius 1 is 1.39 bits per heavy atom. The molecule has 0 amide bonds. The molecule has 1 aliphatic rings. The summed E-state index contributed by atoms with van der Waals surface area (Å²) >= 11 is 0. The molecule has 1 unspecified atom stereocenters. The molecule has 3 rings (SSSR count). The van der Waals surface area contributed by atoms with Crippen LogP contribution in [0, 0.1) is 5.92 Å². The number of aromatic nitrogens is 1. The number of aliphatic hydroxyl groups is 1. The number of hydrogen-bond acceptors (Lipinski definition) is 3. The number of ether oxygens (including phenoxy) is 1. The number of benzene rings is 1. The lowest BCUT2D eigenvalue weighted by Gasteiger charge is -2.28. The summed E-state index contributed by atoms with van der Waals surface area (Å²) in [7, 11) is 1.63. The minimum Gasteiger partial charge on any atom is -0.382 e. The van der Waals surface area contributed by atoms with Gasteiger partial charge < -0.3 is 9.84 Å². The number of pyridine rings is 1. The molecule has 1 N–H and O–H groups in total. The summed E-state index contributed by atoms with van der Waals surface area (Å²) < 4.78 is 5.20. The van der Waals surface area contributed by atoms with Gasteiger partial charge in [-0.1, -0.05) is 18.2 Å². The van der Waals surface area contributed by atoms with E-state index in [1.165, 1.54) is 0 Å². The third-order valence-corrected chi connectivity index (χ3v) is 3.72. The molecule has 0 saturated heterocycles. The first-order chi connectivity index (χ1) is 8.74. The molecule has 2 aromatic rings. The van der Waals surface area contributed by atoms with E-state index in [4.69, 9.17) is 4.74 Å². The standard InChI is InChI=1S/C15H17NO2/c1-18-10-15(17,12-6-7-12)13-5-4-11-3-2-8-16-14(11)9-13/h2-5,8-9,12,17H,6-7,10H2,1H3. The summed E-state index contributed by atoms with van der Waals surface area (Å²) in [5.41, 5.74) is 0.976. The Morgan fingerprint density at radius 2 is 2.22 bits per heavy atom. The first kappa shape index (κ1) is 11.6. The summed E-state index contributed by atoms with van der Waals surface area (Å²) in [6.07, 6.45) is 3.92. The van der Waals surface area contributed by atoms with Gasteiger partial charge in [0.2, 0.25) is 0 Å². The molecule has 1 fully saturated rings. The number of rotatable bonds is 4. The predicted octanol–water partition coefficient (Wildman–Crippen LogP) is 2.48. The van der Waals surface area contributed by atoms with Crippen LogP contribution in [0.2, 0.25) is 0 Å². The fourth-order valence-corrected chi connectivity index (χ4v) is 2.55. The van der Waals surface area contributed by atoms with E-state index in [2.05, 4.69) is 4.98 Å². The van der Waals surface area contributed by atoms with Gasteiger partial charge in [0, 0.05) is 18.7 Å². The van der Waals surface area contributed by atoms with E-state index >= 15 is 0 Å². The highest BCUT2D eigenvalue weighted by Crippen LogP contribution is 2.46. The van der Waals surface area contributed by atoms with E-state index in [-0.39, 0.29) is 0 Å². The van der Waals surface area contributed by atoms with Gasteiger partial charge in [0.1, 0.15) is 5.60 Å². The monoisotopic (exact) mass is 243 g/mol. The lowest BCUT2D eigenvalue weighted by molar-refractivity contribution is -0.0531. The van der Waals surface area contributed by atoms with Gasteiger partial charge >= 0.3 is 0 Å². The molecular weight excluding hydrogens is 226 g/mol. The zero-order chi connectivity index (χ0) is 12.6. The molecule has 3 heteroatoms. The van der Waals surface area contributed by atoms with Crippen LogP contribution < -0.4 is 0 Å². The zero-order valence-electron chi connectivity index (χ0n) is 10.5. The molecule has 1 saturated carbocycles. The SMILES string of the molecule is COCC(O)(c1ccc2cccnc2c1)C1CC1. The molecule has 18 heavy (non-hydrogen) atoms. The lowest BCUT2D eigenvalue weighted by atomic mass is 9.89. The maximum atomic E-state index is 10.8. The highest BCUT2D eigenvalue weighted by molar-refractivity contribution is 5.79. The molecule has 3 nitrogen and oxygen atoms in total. The third kappa shape index (κ3) is 1.89. The van der Waals surface area contributed by atoms with Crippen molar-refractivity contribution in [3.8, 4) is 0 Å². The molecule has 1 aliphatic carbocycles. The van der Waals surface area contributed by atoms with Crippen molar-refractivity contribution in [3.05, 3.63) is 42.1 Å².